The molecule has 122 valence electrons. The average Bonchev–Trinajstić information content (AvgIpc) is 2.61. The fourth-order valence-corrected chi connectivity index (χ4v) is 3.79. The standard InChI is InChI=1S/C18H13IO4S/c19-23-18-16(14-9-5-2-6-10-14)11-15(12-17(18)24(20,21)22)13-7-3-1-4-8-13/h1-12H,(H,20,21,22). The van der Waals surface area contributed by atoms with Crippen molar-refractivity contribution in [2.24, 2.45) is 0 Å². The molecule has 0 aliphatic carbocycles. The first-order chi connectivity index (χ1) is 11.5. The molecule has 0 bridgehead atoms. The minimum atomic E-state index is -4.44. The molecule has 24 heavy (non-hydrogen) atoms. The van der Waals surface area contributed by atoms with E-state index in [2.05, 4.69) is 0 Å². The smallest absolute Gasteiger partial charge is 0.298 e. The van der Waals surface area contributed by atoms with E-state index in [1.54, 1.807) is 23.0 Å². The van der Waals surface area contributed by atoms with Crippen molar-refractivity contribution >= 4 is 33.1 Å². The van der Waals surface area contributed by atoms with Crippen molar-refractivity contribution in [3.63, 3.8) is 0 Å². The first-order valence-corrected chi connectivity index (χ1v) is 9.38. The molecule has 0 saturated heterocycles. The molecule has 0 aromatic heterocycles. The Morgan fingerprint density at radius 3 is 1.83 bits per heavy atom. The Hall–Kier alpha value is -1.90. The highest BCUT2D eigenvalue weighted by molar-refractivity contribution is 14.1. The van der Waals surface area contributed by atoms with Crippen LogP contribution in [0.4, 0.5) is 0 Å². The van der Waals surface area contributed by atoms with Crippen molar-refractivity contribution in [2.75, 3.05) is 0 Å². The maximum Gasteiger partial charge on any atom is 0.298 e. The van der Waals surface area contributed by atoms with Gasteiger partial charge in [-0.15, -0.1) is 0 Å². The Balaban J connectivity index is 2.35. The van der Waals surface area contributed by atoms with Gasteiger partial charge in [0.15, 0.2) is 28.8 Å². The zero-order valence-electron chi connectivity index (χ0n) is 12.4. The highest BCUT2D eigenvalue weighted by Crippen LogP contribution is 2.40. The third kappa shape index (κ3) is 3.45. The summed E-state index contributed by atoms with van der Waals surface area (Å²) in [4.78, 5) is -0.253. The summed E-state index contributed by atoms with van der Waals surface area (Å²) in [5.41, 5.74) is 2.92. The van der Waals surface area contributed by atoms with Gasteiger partial charge in [-0.25, -0.2) is 0 Å². The van der Waals surface area contributed by atoms with Gasteiger partial charge in [-0.1, -0.05) is 60.7 Å². The maximum absolute atomic E-state index is 11.9. The number of halogens is 1. The molecule has 0 aliphatic heterocycles. The summed E-state index contributed by atoms with van der Waals surface area (Å²) in [5.74, 6) is 0.115. The molecule has 3 aromatic rings. The van der Waals surface area contributed by atoms with E-state index < -0.39 is 10.1 Å². The molecule has 0 aliphatic rings. The largest absolute Gasteiger partial charge is 0.426 e. The van der Waals surface area contributed by atoms with Crippen LogP contribution in [0, 0.1) is 0 Å². The van der Waals surface area contributed by atoms with Crippen LogP contribution < -0.4 is 3.07 Å². The van der Waals surface area contributed by atoms with Crippen molar-refractivity contribution in [2.45, 2.75) is 4.90 Å². The number of benzene rings is 3. The zero-order chi connectivity index (χ0) is 17.2. The summed E-state index contributed by atoms with van der Waals surface area (Å²) in [6.45, 7) is 0. The molecule has 1 N–H and O–H groups in total. The molecule has 3 aromatic carbocycles. The summed E-state index contributed by atoms with van der Waals surface area (Å²) in [6.07, 6.45) is 0. The second-order valence-corrected chi connectivity index (χ2v) is 6.97. The predicted octanol–water partition coefficient (Wildman–Crippen LogP) is 5.00. The Morgan fingerprint density at radius 1 is 0.792 bits per heavy atom. The van der Waals surface area contributed by atoms with Crippen molar-refractivity contribution in [1.82, 2.24) is 0 Å². The van der Waals surface area contributed by atoms with E-state index in [1.165, 1.54) is 6.07 Å². The summed E-state index contributed by atoms with van der Waals surface area (Å²) >= 11 is 1.62. The van der Waals surface area contributed by atoms with Gasteiger partial charge < -0.3 is 3.07 Å². The Morgan fingerprint density at radius 2 is 1.33 bits per heavy atom. The van der Waals surface area contributed by atoms with Gasteiger partial charge in [-0.3, -0.25) is 4.55 Å². The van der Waals surface area contributed by atoms with Crippen LogP contribution in [0.5, 0.6) is 5.75 Å². The number of hydrogen-bond acceptors (Lipinski definition) is 3. The lowest BCUT2D eigenvalue weighted by atomic mass is 9.98. The van der Waals surface area contributed by atoms with Crippen molar-refractivity contribution in [3.05, 3.63) is 72.8 Å². The lowest BCUT2D eigenvalue weighted by Crippen LogP contribution is -2.02. The second-order valence-electron chi connectivity index (χ2n) is 5.14. The van der Waals surface area contributed by atoms with Crippen LogP contribution in [0.1, 0.15) is 0 Å². The van der Waals surface area contributed by atoms with Gasteiger partial charge in [0.25, 0.3) is 10.1 Å². The van der Waals surface area contributed by atoms with Crippen molar-refractivity contribution < 1.29 is 16.0 Å². The van der Waals surface area contributed by atoms with Crippen LogP contribution in [-0.2, 0) is 10.1 Å². The molecule has 0 unspecified atom stereocenters. The quantitative estimate of drug-likeness (QED) is 0.447. The normalized spacial score (nSPS) is 11.2. The lowest BCUT2D eigenvalue weighted by Gasteiger charge is -2.14. The highest BCUT2D eigenvalue weighted by Gasteiger charge is 2.23. The van der Waals surface area contributed by atoms with E-state index in [1.807, 2.05) is 66.7 Å². The fraction of sp³-hybridized carbons (Fsp3) is 0. The Bertz CT molecular complexity index is 955. The molecule has 4 nitrogen and oxygen atoms in total. The number of rotatable bonds is 4. The molecule has 0 amide bonds. The highest BCUT2D eigenvalue weighted by atomic mass is 127. The first kappa shape index (κ1) is 16.9. The maximum atomic E-state index is 11.9. The molecule has 0 saturated carbocycles. The fourth-order valence-electron chi connectivity index (χ4n) is 2.50. The molecule has 3 rings (SSSR count). The van der Waals surface area contributed by atoms with Gasteiger partial charge in [-0.2, -0.15) is 8.42 Å². The van der Waals surface area contributed by atoms with Crippen molar-refractivity contribution in [1.29, 1.82) is 0 Å². The summed E-state index contributed by atoms with van der Waals surface area (Å²) in [5, 5.41) is 0. The van der Waals surface area contributed by atoms with E-state index in [9.17, 15) is 13.0 Å². The van der Waals surface area contributed by atoms with Crippen LogP contribution in [0.15, 0.2) is 77.7 Å². The van der Waals surface area contributed by atoms with E-state index in [0.717, 1.165) is 11.1 Å². The van der Waals surface area contributed by atoms with Gasteiger partial charge in [0.1, 0.15) is 4.90 Å². The van der Waals surface area contributed by atoms with Crippen LogP contribution in [-0.4, -0.2) is 13.0 Å². The van der Waals surface area contributed by atoms with E-state index >= 15 is 0 Å². The molecular weight excluding hydrogens is 439 g/mol. The number of hydrogen-bond donors (Lipinski definition) is 1. The third-order valence-electron chi connectivity index (χ3n) is 3.60. The molecule has 0 fully saturated rings. The predicted molar refractivity (Wildman–Crippen MR) is 102 cm³/mol. The van der Waals surface area contributed by atoms with E-state index in [-0.39, 0.29) is 10.6 Å². The van der Waals surface area contributed by atoms with Crippen LogP contribution in [0.25, 0.3) is 22.3 Å². The molecular formula is C18H13IO4S. The van der Waals surface area contributed by atoms with Gasteiger partial charge in [0.05, 0.1) is 0 Å². The van der Waals surface area contributed by atoms with Gasteiger partial charge >= 0.3 is 0 Å². The second kappa shape index (κ2) is 6.92. The van der Waals surface area contributed by atoms with Gasteiger partial charge in [-0.05, 0) is 28.8 Å². The van der Waals surface area contributed by atoms with Crippen LogP contribution in [0.2, 0.25) is 0 Å². The van der Waals surface area contributed by atoms with Gasteiger partial charge in [0.2, 0.25) is 0 Å². The Kier molecular flexibility index (Phi) is 4.88. The SMILES string of the molecule is O=S(=O)(O)c1cc(-c2ccccc2)cc(-c2ccccc2)c1OI. The molecule has 0 spiro atoms. The van der Waals surface area contributed by atoms with Crippen LogP contribution >= 0.6 is 23.0 Å². The summed E-state index contributed by atoms with van der Waals surface area (Å²) < 4.78 is 38.6. The third-order valence-corrected chi connectivity index (χ3v) is 4.90. The van der Waals surface area contributed by atoms with Crippen molar-refractivity contribution in [3.8, 4) is 28.0 Å². The molecule has 0 heterocycles. The topological polar surface area (TPSA) is 63.6 Å². The minimum Gasteiger partial charge on any atom is -0.426 e. The van der Waals surface area contributed by atoms with Crippen LogP contribution in [0.3, 0.4) is 0 Å². The van der Waals surface area contributed by atoms with E-state index in [0.29, 0.717) is 11.1 Å². The van der Waals surface area contributed by atoms with Gasteiger partial charge in [0, 0.05) is 5.56 Å². The summed E-state index contributed by atoms with van der Waals surface area (Å²) in [6, 6.07) is 22.0. The molecule has 0 radical (unpaired) electrons. The Labute approximate surface area is 154 Å². The summed E-state index contributed by atoms with van der Waals surface area (Å²) in [7, 11) is -4.44. The van der Waals surface area contributed by atoms with E-state index in [4.69, 9.17) is 3.07 Å². The lowest BCUT2D eigenvalue weighted by molar-refractivity contribution is 0.480. The minimum absolute atomic E-state index is 0.115. The molecule has 0 atom stereocenters. The molecule has 6 heteroatoms. The average molecular weight is 452 g/mol. The first-order valence-electron chi connectivity index (χ1n) is 7.05. The monoisotopic (exact) mass is 452 g/mol. The zero-order valence-corrected chi connectivity index (χ0v) is 15.4.